The predicted octanol–water partition coefficient (Wildman–Crippen LogP) is 5.62. The van der Waals surface area contributed by atoms with Gasteiger partial charge in [0.05, 0.1) is 12.2 Å². The van der Waals surface area contributed by atoms with Crippen LogP contribution < -0.4 is 10.1 Å². The summed E-state index contributed by atoms with van der Waals surface area (Å²) in [6, 6.07) is 15.0. The molecule has 4 heteroatoms. The van der Waals surface area contributed by atoms with Crippen LogP contribution in [0.1, 0.15) is 54.4 Å². The molecule has 0 amide bonds. The third kappa shape index (κ3) is 6.78. The van der Waals surface area contributed by atoms with Crippen LogP contribution in [0.5, 0.6) is 5.75 Å². The molecule has 2 aromatic carbocycles. The van der Waals surface area contributed by atoms with E-state index in [4.69, 9.17) is 4.74 Å². The Labute approximate surface area is 170 Å². The zero-order valence-corrected chi connectivity index (χ0v) is 17.3. The lowest BCUT2D eigenvalue weighted by atomic mass is 10.0. The van der Waals surface area contributed by atoms with Crippen molar-refractivity contribution in [2.24, 2.45) is 5.92 Å². The van der Waals surface area contributed by atoms with Crippen LogP contribution in [-0.4, -0.2) is 25.5 Å². The second kappa shape index (κ2) is 10.6. The Hall–Kier alpha value is -1.65. The van der Waals surface area contributed by atoms with E-state index in [-0.39, 0.29) is 5.78 Å². The van der Waals surface area contributed by atoms with E-state index in [1.807, 2.05) is 48.5 Å². The number of rotatable bonds is 12. The second-order valence-corrected chi connectivity index (χ2v) is 8.16. The maximum absolute atomic E-state index is 12.8. The number of benzene rings is 2. The number of nitrogens with one attached hydrogen (secondary N) is 1. The Morgan fingerprint density at radius 1 is 1.00 bits per heavy atom. The molecule has 0 bridgehead atoms. The van der Waals surface area contributed by atoms with Crippen LogP contribution in [0.3, 0.4) is 0 Å². The van der Waals surface area contributed by atoms with Gasteiger partial charge < -0.3 is 10.1 Å². The Morgan fingerprint density at radius 2 is 1.74 bits per heavy atom. The van der Waals surface area contributed by atoms with Gasteiger partial charge in [-0.3, -0.25) is 4.79 Å². The van der Waals surface area contributed by atoms with E-state index in [1.165, 1.54) is 32.2 Å². The number of ether oxygens (including phenoxy) is 1. The molecular weight excluding hydrogens is 402 g/mol. The first-order valence-electron chi connectivity index (χ1n) is 9.97. The number of para-hydroxylation sites is 1. The summed E-state index contributed by atoms with van der Waals surface area (Å²) in [6.07, 6.45) is 7.45. The van der Waals surface area contributed by atoms with Gasteiger partial charge in [0.2, 0.25) is 0 Å². The fourth-order valence-corrected chi connectivity index (χ4v) is 3.32. The fraction of sp³-hybridized carbons (Fsp3) is 0.435. The number of hydrogen-bond donors (Lipinski definition) is 1. The molecule has 1 aliphatic carbocycles. The summed E-state index contributed by atoms with van der Waals surface area (Å²) in [4.78, 5) is 12.8. The molecule has 0 aromatic heterocycles. The largest absolute Gasteiger partial charge is 0.493 e. The summed E-state index contributed by atoms with van der Waals surface area (Å²) in [5.74, 6) is 1.63. The van der Waals surface area contributed by atoms with Gasteiger partial charge in [-0.25, -0.2) is 0 Å². The molecule has 27 heavy (non-hydrogen) atoms. The number of unbranched alkanes of at least 4 members (excludes halogenated alkanes) is 3. The lowest BCUT2D eigenvalue weighted by Gasteiger charge is -2.11. The Bertz CT molecular complexity index is 725. The third-order valence-electron chi connectivity index (χ3n) is 4.87. The molecule has 2 aromatic rings. The van der Waals surface area contributed by atoms with E-state index in [0.29, 0.717) is 23.5 Å². The van der Waals surface area contributed by atoms with Crippen LogP contribution in [0.4, 0.5) is 0 Å². The van der Waals surface area contributed by atoms with Crippen LogP contribution in [0.2, 0.25) is 0 Å². The van der Waals surface area contributed by atoms with Gasteiger partial charge in [-0.15, -0.1) is 0 Å². The zero-order chi connectivity index (χ0) is 18.9. The normalized spacial score (nSPS) is 13.5. The highest BCUT2D eigenvalue weighted by molar-refractivity contribution is 9.10. The molecule has 3 nitrogen and oxygen atoms in total. The maximum atomic E-state index is 12.8. The summed E-state index contributed by atoms with van der Waals surface area (Å²) < 4.78 is 6.89. The van der Waals surface area contributed by atoms with Crippen LogP contribution in [0.25, 0.3) is 0 Å². The summed E-state index contributed by atoms with van der Waals surface area (Å²) in [6.45, 7) is 2.98. The van der Waals surface area contributed by atoms with E-state index in [2.05, 4.69) is 21.2 Å². The minimum absolute atomic E-state index is 0.000151. The minimum Gasteiger partial charge on any atom is -0.493 e. The molecule has 1 N–H and O–H groups in total. The first kappa shape index (κ1) is 20.1. The zero-order valence-electron chi connectivity index (χ0n) is 15.8. The van der Waals surface area contributed by atoms with E-state index in [9.17, 15) is 4.79 Å². The number of carbonyl (C=O) groups is 1. The molecule has 0 heterocycles. The van der Waals surface area contributed by atoms with E-state index < -0.39 is 0 Å². The van der Waals surface area contributed by atoms with Crippen LogP contribution in [-0.2, 0) is 0 Å². The van der Waals surface area contributed by atoms with Crippen molar-refractivity contribution >= 4 is 21.7 Å². The average Bonchev–Trinajstić information content (AvgIpc) is 3.51. The monoisotopic (exact) mass is 429 g/mol. The van der Waals surface area contributed by atoms with Gasteiger partial charge in [0.15, 0.2) is 5.78 Å². The second-order valence-electron chi connectivity index (χ2n) is 7.24. The molecular formula is C23H28BrNO2. The van der Waals surface area contributed by atoms with E-state index >= 15 is 0 Å². The summed E-state index contributed by atoms with van der Waals surface area (Å²) in [7, 11) is 0. The fourth-order valence-electron chi connectivity index (χ4n) is 3.05. The van der Waals surface area contributed by atoms with Crippen LogP contribution in [0, 0.1) is 5.92 Å². The molecule has 0 unspecified atom stereocenters. The van der Waals surface area contributed by atoms with Crippen LogP contribution in [0.15, 0.2) is 53.0 Å². The lowest BCUT2D eigenvalue weighted by Crippen LogP contribution is -2.17. The van der Waals surface area contributed by atoms with Gasteiger partial charge in [0.1, 0.15) is 5.75 Å². The molecule has 0 atom stereocenters. The first-order chi connectivity index (χ1) is 13.2. The minimum atomic E-state index is -0.000151. The van der Waals surface area contributed by atoms with Crippen molar-refractivity contribution in [3.8, 4) is 5.75 Å². The standard InChI is InChI=1S/C23H28BrNO2/c24-20-13-11-19(12-14-20)23(26)21-7-3-4-8-22(21)27-16-6-2-1-5-15-25-17-18-9-10-18/h3-4,7-8,11-14,18,25H,1-2,5-6,9-10,15-17H2. The van der Waals surface area contributed by atoms with Gasteiger partial charge in [0, 0.05) is 10.0 Å². The van der Waals surface area contributed by atoms with Crippen molar-refractivity contribution in [3.05, 3.63) is 64.1 Å². The smallest absolute Gasteiger partial charge is 0.196 e. The Morgan fingerprint density at radius 3 is 2.52 bits per heavy atom. The highest BCUT2D eigenvalue weighted by Crippen LogP contribution is 2.27. The summed E-state index contributed by atoms with van der Waals surface area (Å²) >= 11 is 3.40. The maximum Gasteiger partial charge on any atom is 0.196 e. The molecule has 1 saturated carbocycles. The Kier molecular flexibility index (Phi) is 7.91. The van der Waals surface area contributed by atoms with E-state index in [1.54, 1.807) is 0 Å². The van der Waals surface area contributed by atoms with Gasteiger partial charge in [-0.1, -0.05) is 40.9 Å². The van der Waals surface area contributed by atoms with Crippen molar-refractivity contribution in [1.29, 1.82) is 0 Å². The van der Waals surface area contributed by atoms with Gasteiger partial charge in [-0.05, 0) is 81.1 Å². The highest BCUT2D eigenvalue weighted by Gasteiger charge is 2.19. The quantitative estimate of drug-likeness (QED) is 0.351. The van der Waals surface area contributed by atoms with Gasteiger partial charge in [0.25, 0.3) is 0 Å². The predicted molar refractivity (Wildman–Crippen MR) is 114 cm³/mol. The van der Waals surface area contributed by atoms with Crippen molar-refractivity contribution in [2.75, 3.05) is 19.7 Å². The number of halogens is 1. The van der Waals surface area contributed by atoms with Crippen molar-refractivity contribution in [2.45, 2.75) is 38.5 Å². The average molecular weight is 430 g/mol. The molecule has 0 spiro atoms. The van der Waals surface area contributed by atoms with Gasteiger partial charge in [-0.2, -0.15) is 0 Å². The molecule has 0 aliphatic heterocycles. The summed E-state index contributed by atoms with van der Waals surface area (Å²) in [5, 5.41) is 3.53. The number of ketones is 1. The lowest BCUT2D eigenvalue weighted by molar-refractivity contribution is 0.103. The van der Waals surface area contributed by atoms with Crippen molar-refractivity contribution in [1.82, 2.24) is 5.32 Å². The molecule has 1 fully saturated rings. The van der Waals surface area contributed by atoms with Crippen LogP contribution >= 0.6 is 15.9 Å². The molecule has 0 saturated heterocycles. The van der Waals surface area contributed by atoms with E-state index in [0.717, 1.165) is 29.8 Å². The molecule has 1 aliphatic rings. The molecule has 144 valence electrons. The number of carbonyl (C=O) groups excluding carboxylic acids is 1. The summed E-state index contributed by atoms with van der Waals surface area (Å²) in [5.41, 5.74) is 1.30. The van der Waals surface area contributed by atoms with Crippen molar-refractivity contribution < 1.29 is 9.53 Å². The Balaban J connectivity index is 1.39. The van der Waals surface area contributed by atoms with Gasteiger partial charge >= 0.3 is 0 Å². The third-order valence-corrected chi connectivity index (χ3v) is 5.40. The SMILES string of the molecule is O=C(c1ccc(Br)cc1)c1ccccc1OCCCCCCNCC1CC1. The topological polar surface area (TPSA) is 38.3 Å². The molecule has 0 radical (unpaired) electrons. The number of hydrogen-bond acceptors (Lipinski definition) is 3. The first-order valence-corrected chi connectivity index (χ1v) is 10.8. The molecule has 3 rings (SSSR count). The highest BCUT2D eigenvalue weighted by atomic mass is 79.9. The van der Waals surface area contributed by atoms with Crippen molar-refractivity contribution in [3.63, 3.8) is 0 Å².